The predicted octanol–water partition coefficient (Wildman–Crippen LogP) is 12.8. The lowest BCUT2D eigenvalue weighted by Gasteiger charge is -2.09. The fraction of sp³-hybridized carbons (Fsp3) is 0.0476. The maximum atomic E-state index is 12.8. The average Bonchev–Trinajstić information content (AvgIpc) is 3.08. The van der Waals surface area contributed by atoms with Gasteiger partial charge >= 0.3 is 17.9 Å². The highest BCUT2D eigenvalue weighted by Gasteiger charge is 2.25. The zero-order chi connectivity index (χ0) is 57.6. The van der Waals surface area contributed by atoms with Crippen LogP contribution in [0.15, 0.2) is 170 Å². The van der Waals surface area contributed by atoms with Gasteiger partial charge in [-0.25, -0.2) is 44.3 Å². The summed E-state index contributed by atoms with van der Waals surface area (Å²) in [6, 6.07) is 47.2. The van der Waals surface area contributed by atoms with Crippen molar-refractivity contribution in [3.8, 4) is 91.5 Å². The number of carboxylic acid groups (broad SMARTS) is 3. The summed E-state index contributed by atoms with van der Waals surface area (Å²) in [5.41, 5.74) is 4.53. The normalized spacial score (nSPS) is 11.4. The quantitative estimate of drug-likeness (QED) is 0.0411. The molecule has 407 valence electrons. The van der Waals surface area contributed by atoms with Gasteiger partial charge in [0.1, 0.15) is 68.6 Å². The summed E-state index contributed by atoms with van der Waals surface area (Å²) in [5, 5.41) is 33.9. The second-order valence-electron chi connectivity index (χ2n) is 19.2. The molecule has 6 N–H and O–H groups in total. The smallest absolute Gasteiger partial charge is 0.335 e. The Labute approximate surface area is 477 Å². The van der Waals surface area contributed by atoms with Crippen LogP contribution in [0.5, 0.6) is 46.0 Å². The van der Waals surface area contributed by atoms with E-state index in [0.29, 0.717) is 124 Å². The number of carbonyl (C=O) groups excluding carboxylic acids is 1. The SMILES string of the molecule is O=C(O)c1ccc(Oc2ccc3c(c2)-c2nc-3nc3[nH]c(nc4nc(nc5[nH]c(n2)c2ccc(Oc6ccc(C(=O)O)cc6)cc52)-c2ccc(Oc5ccc(C(=O)NCCC[Si])cc5)cc2-4)c2ccc(Oc4ccc(C(=O)O)cc4)cc32)cc1. The Kier molecular flexibility index (Phi) is 13.2. The van der Waals surface area contributed by atoms with Crippen LogP contribution in [-0.4, -0.2) is 95.8 Å². The molecule has 13 rings (SSSR count). The third-order valence-corrected chi connectivity index (χ3v) is 14.1. The van der Waals surface area contributed by atoms with Crippen molar-refractivity contribution in [3.63, 3.8) is 0 Å². The van der Waals surface area contributed by atoms with Crippen LogP contribution in [0.25, 0.3) is 89.7 Å². The zero-order valence-electron chi connectivity index (χ0n) is 43.6. The number of rotatable bonds is 15. The lowest BCUT2D eigenvalue weighted by Crippen LogP contribution is -2.24. The highest BCUT2D eigenvalue weighted by Crippen LogP contribution is 2.42. The van der Waals surface area contributed by atoms with Gasteiger partial charge < -0.3 is 49.6 Å². The number of hydrogen-bond acceptors (Lipinski definition) is 14. The Morgan fingerprint density at radius 3 is 1.04 bits per heavy atom. The maximum Gasteiger partial charge on any atom is 0.335 e. The monoisotopic (exact) mass is 1130 g/mol. The predicted molar refractivity (Wildman–Crippen MR) is 311 cm³/mol. The number of aromatic nitrogens is 8. The number of amides is 1. The number of benzene rings is 8. The molecule has 8 bridgehead atoms. The number of carboxylic acids is 3. The molecule has 5 heterocycles. The zero-order valence-corrected chi connectivity index (χ0v) is 44.6. The molecule has 0 spiro atoms. The van der Waals surface area contributed by atoms with Gasteiger partial charge in [0, 0.05) is 66.1 Å². The average molecular weight is 1130 g/mol. The maximum absolute atomic E-state index is 12.8. The van der Waals surface area contributed by atoms with Gasteiger partial charge in [0.25, 0.3) is 5.91 Å². The van der Waals surface area contributed by atoms with Gasteiger partial charge in [-0.15, -0.1) is 0 Å². The first-order chi connectivity index (χ1) is 40.9. The molecule has 84 heavy (non-hydrogen) atoms. The second-order valence-corrected chi connectivity index (χ2v) is 19.7. The number of hydrogen-bond donors (Lipinski definition) is 6. The summed E-state index contributed by atoms with van der Waals surface area (Å²) in [6.45, 7) is 0.531. The van der Waals surface area contributed by atoms with Crippen molar-refractivity contribution in [2.75, 3.05) is 6.54 Å². The van der Waals surface area contributed by atoms with E-state index in [0.717, 1.165) is 12.5 Å². The second kappa shape index (κ2) is 21.5. The van der Waals surface area contributed by atoms with Crippen LogP contribution in [0.4, 0.5) is 0 Å². The Hall–Kier alpha value is -11.6. The summed E-state index contributed by atoms with van der Waals surface area (Å²) in [7, 11) is 3.44. The van der Waals surface area contributed by atoms with Crippen LogP contribution < -0.4 is 24.3 Å². The van der Waals surface area contributed by atoms with E-state index in [1.807, 2.05) is 24.3 Å². The molecule has 0 atom stereocenters. The first-order valence-electron chi connectivity index (χ1n) is 26.0. The van der Waals surface area contributed by atoms with E-state index in [-0.39, 0.29) is 45.9 Å². The van der Waals surface area contributed by atoms with E-state index in [4.69, 9.17) is 48.9 Å². The van der Waals surface area contributed by atoms with Gasteiger partial charge in [0.15, 0.2) is 23.3 Å². The topological polar surface area (TPSA) is 287 Å². The number of H-pyrrole nitrogens is 2. The first-order valence-corrected chi connectivity index (χ1v) is 26.7. The molecular weight excluding hydrogens is 1090 g/mol. The highest BCUT2D eigenvalue weighted by molar-refractivity contribution is 6.08. The summed E-state index contributed by atoms with van der Waals surface area (Å²) in [6.07, 6.45) is 0.788. The molecule has 20 nitrogen and oxygen atoms in total. The Morgan fingerprint density at radius 2 is 0.679 bits per heavy atom. The van der Waals surface area contributed by atoms with Crippen molar-refractivity contribution in [2.24, 2.45) is 0 Å². The van der Waals surface area contributed by atoms with E-state index >= 15 is 0 Å². The van der Waals surface area contributed by atoms with Crippen LogP contribution in [0, 0.1) is 0 Å². The summed E-state index contributed by atoms with van der Waals surface area (Å²) in [5.74, 6) is 1.01. The lowest BCUT2D eigenvalue weighted by atomic mass is 10.1. The van der Waals surface area contributed by atoms with E-state index in [1.165, 1.54) is 36.4 Å². The molecule has 0 saturated heterocycles. The van der Waals surface area contributed by atoms with E-state index < -0.39 is 17.9 Å². The Balaban J connectivity index is 1.01. The Bertz CT molecular complexity index is 4620. The minimum Gasteiger partial charge on any atom is -0.478 e. The van der Waals surface area contributed by atoms with E-state index in [1.54, 1.807) is 109 Å². The van der Waals surface area contributed by atoms with Crippen molar-refractivity contribution in [1.82, 2.24) is 45.2 Å². The fourth-order valence-corrected chi connectivity index (χ4v) is 9.75. The van der Waals surface area contributed by atoms with Crippen molar-refractivity contribution >= 4 is 78.2 Å². The lowest BCUT2D eigenvalue weighted by molar-refractivity contribution is 0.0686. The minimum absolute atomic E-state index is 0.101. The summed E-state index contributed by atoms with van der Waals surface area (Å²) < 4.78 is 25.2. The molecule has 21 heteroatoms. The van der Waals surface area contributed by atoms with Crippen LogP contribution >= 0.6 is 0 Å². The largest absolute Gasteiger partial charge is 0.478 e. The molecule has 8 aromatic carbocycles. The molecule has 1 amide bonds. The van der Waals surface area contributed by atoms with Gasteiger partial charge in [-0.05, 0) is 176 Å². The summed E-state index contributed by atoms with van der Waals surface area (Å²) >= 11 is 0. The Morgan fingerprint density at radius 1 is 0.369 bits per heavy atom. The first kappa shape index (κ1) is 51.8. The number of carbonyl (C=O) groups is 4. The standard InChI is InChI=1S/C63H40N9O11Si/c73-60(64-26-1-27-84)32-2-10-36(11-3-32)80-40-18-22-44-48(28-40)56-65-52(44)67-57-50-30-42(82-38-14-6-34(7-15-38)62(76)77)20-24-46(50)54(69-57)71-59-51-31-43(83-39-16-8-35(9-17-39)63(78)79)21-25-47(51)55(72-59)70-58-49-29-41(19-23-45(49)53(66-56)68-58)81-37-12-4-33(5-13-37)61(74)75/h2-25,28-31H,1,26-27H2,(H,64,73)(H,74,75)(H,76,77)(H,78,79)(H2,65,66,67,68,69,70,71,72). The molecule has 0 aliphatic carbocycles. The van der Waals surface area contributed by atoms with Gasteiger partial charge in [0.2, 0.25) is 0 Å². The number of nitrogens with zero attached hydrogens (tertiary/aromatic N) is 6. The number of aromatic amines is 2. The molecule has 11 aromatic rings. The number of nitrogens with one attached hydrogen (secondary N) is 3. The molecule has 0 unspecified atom stereocenters. The van der Waals surface area contributed by atoms with E-state index in [9.17, 15) is 34.5 Å². The molecule has 3 aromatic heterocycles. The van der Waals surface area contributed by atoms with Crippen LogP contribution in [-0.2, 0) is 0 Å². The van der Waals surface area contributed by atoms with Gasteiger partial charge in [0.05, 0.1) is 16.7 Å². The van der Waals surface area contributed by atoms with Crippen LogP contribution in [0.2, 0.25) is 6.04 Å². The van der Waals surface area contributed by atoms with Crippen molar-refractivity contribution in [3.05, 3.63) is 192 Å². The van der Waals surface area contributed by atoms with Gasteiger partial charge in [-0.1, -0.05) is 6.04 Å². The fourth-order valence-electron chi connectivity index (χ4n) is 9.57. The minimum atomic E-state index is -1.07. The van der Waals surface area contributed by atoms with Crippen LogP contribution in [0.1, 0.15) is 47.9 Å². The molecule has 3 radical (unpaired) electrons. The molecule has 2 aliphatic heterocycles. The number of aromatic carboxylic acids is 3. The van der Waals surface area contributed by atoms with E-state index in [2.05, 4.69) is 25.5 Å². The molecule has 0 fully saturated rings. The highest BCUT2D eigenvalue weighted by atomic mass is 28.1. The van der Waals surface area contributed by atoms with Crippen molar-refractivity contribution in [2.45, 2.75) is 12.5 Å². The van der Waals surface area contributed by atoms with Crippen molar-refractivity contribution < 1.29 is 53.4 Å². The van der Waals surface area contributed by atoms with Gasteiger partial charge in [-0.2, -0.15) is 0 Å². The summed E-state index contributed by atoms with van der Waals surface area (Å²) in [4.78, 5) is 85.5. The molecule has 2 aliphatic rings. The van der Waals surface area contributed by atoms with Crippen molar-refractivity contribution in [1.29, 1.82) is 0 Å². The third-order valence-electron chi connectivity index (χ3n) is 13.7. The number of fused-ring (bicyclic) bond motifs is 20. The number of ether oxygens (including phenoxy) is 4. The molecule has 0 saturated carbocycles. The van der Waals surface area contributed by atoms with Gasteiger partial charge in [-0.3, -0.25) is 4.79 Å². The molecular formula is C63H40N9O11Si. The third kappa shape index (κ3) is 10.3. The van der Waals surface area contributed by atoms with Crippen LogP contribution in [0.3, 0.4) is 0 Å².